The summed E-state index contributed by atoms with van der Waals surface area (Å²) in [5.41, 5.74) is 14.7. The highest BCUT2D eigenvalue weighted by molar-refractivity contribution is 6.13. The molecule has 3 heteroatoms. The van der Waals surface area contributed by atoms with E-state index in [1.165, 1.54) is 55.3 Å². The van der Waals surface area contributed by atoms with E-state index in [0.29, 0.717) is 5.95 Å². The highest BCUT2D eigenvalue weighted by Gasteiger charge is 2.48. The third kappa shape index (κ3) is 4.36. The molecule has 0 bridgehead atoms. The summed E-state index contributed by atoms with van der Waals surface area (Å²) in [6, 6.07) is 69.9. The predicted molar refractivity (Wildman–Crippen MR) is 222 cm³/mol. The van der Waals surface area contributed by atoms with Gasteiger partial charge in [0, 0.05) is 27.9 Å². The van der Waals surface area contributed by atoms with E-state index in [0.717, 1.165) is 33.1 Å². The molecular formula is C51H33N3. The minimum Gasteiger partial charge on any atom is -0.278 e. The van der Waals surface area contributed by atoms with Crippen LogP contribution in [0.5, 0.6) is 0 Å². The van der Waals surface area contributed by atoms with Gasteiger partial charge in [0.1, 0.15) is 0 Å². The summed E-state index contributed by atoms with van der Waals surface area (Å²) >= 11 is 0. The van der Waals surface area contributed by atoms with Crippen molar-refractivity contribution in [3.8, 4) is 39.3 Å². The van der Waals surface area contributed by atoms with Crippen LogP contribution in [-0.2, 0) is 5.41 Å². The van der Waals surface area contributed by atoms with Gasteiger partial charge < -0.3 is 0 Å². The van der Waals surface area contributed by atoms with E-state index in [-0.39, 0.29) is 0 Å². The van der Waals surface area contributed by atoms with Crippen LogP contribution in [0.3, 0.4) is 0 Å². The summed E-state index contributed by atoms with van der Waals surface area (Å²) in [7, 11) is 0. The van der Waals surface area contributed by atoms with Crippen molar-refractivity contribution in [2.45, 2.75) is 5.41 Å². The van der Waals surface area contributed by atoms with Gasteiger partial charge in [-0.1, -0.05) is 182 Å². The Labute approximate surface area is 313 Å². The molecule has 0 amide bonds. The second kappa shape index (κ2) is 12.0. The molecule has 11 rings (SSSR count). The zero-order valence-corrected chi connectivity index (χ0v) is 29.4. The minimum absolute atomic E-state index is 0.573. The fourth-order valence-corrected chi connectivity index (χ4v) is 9.07. The molecule has 1 aliphatic rings. The van der Waals surface area contributed by atoms with Crippen molar-refractivity contribution >= 4 is 32.7 Å². The first-order valence-electron chi connectivity index (χ1n) is 18.5. The molecule has 1 aliphatic carbocycles. The van der Waals surface area contributed by atoms with Crippen LogP contribution in [0.15, 0.2) is 200 Å². The van der Waals surface area contributed by atoms with Crippen molar-refractivity contribution in [3.63, 3.8) is 0 Å². The largest absolute Gasteiger partial charge is 0.278 e. The Morgan fingerprint density at radius 1 is 0.407 bits per heavy atom. The number of hydrogen-bond donors (Lipinski definition) is 0. The van der Waals surface area contributed by atoms with Crippen LogP contribution in [0, 0.1) is 0 Å². The number of nitrogens with zero attached hydrogens (tertiary/aromatic N) is 3. The lowest BCUT2D eigenvalue weighted by Crippen LogP contribution is -2.29. The van der Waals surface area contributed by atoms with Crippen LogP contribution in [-0.4, -0.2) is 14.5 Å². The van der Waals surface area contributed by atoms with E-state index in [4.69, 9.17) is 9.97 Å². The normalized spacial score (nSPS) is 13.0. The summed E-state index contributed by atoms with van der Waals surface area (Å²) in [6.07, 6.45) is 2.01. The summed E-state index contributed by atoms with van der Waals surface area (Å²) in [5, 5.41) is 3.39. The number of aromatic nitrogens is 3. The molecule has 0 aliphatic heterocycles. The Hall–Kier alpha value is -7.10. The first kappa shape index (κ1) is 30.5. The van der Waals surface area contributed by atoms with Gasteiger partial charge in [-0.25, -0.2) is 9.97 Å². The summed E-state index contributed by atoms with van der Waals surface area (Å²) in [5.74, 6) is 0.657. The van der Waals surface area contributed by atoms with E-state index in [1.807, 2.05) is 6.20 Å². The lowest BCUT2D eigenvalue weighted by molar-refractivity contribution is 0.770. The van der Waals surface area contributed by atoms with Crippen molar-refractivity contribution in [3.05, 3.63) is 223 Å². The lowest BCUT2D eigenvalue weighted by atomic mass is 9.67. The molecule has 54 heavy (non-hydrogen) atoms. The topological polar surface area (TPSA) is 30.7 Å². The van der Waals surface area contributed by atoms with E-state index >= 15 is 0 Å². The maximum atomic E-state index is 5.39. The molecule has 0 unspecified atom stereocenters. The van der Waals surface area contributed by atoms with Crippen molar-refractivity contribution in [1.82, 2.24) is 14.5 Å². The molecule has 2 aromatic heterocycles. The Kier molecular flexibility index (Phi) is 6.77. The van der Waals surface area contributed by atoms with Gasteiger partial charge in [-0.05, 0) is 62.2 Å². The third-order valence-electron chi connectivity index (χ3n) is 11.4. The first-order chi connectivity index (χ1) is 26.8. The standard InChI is InChI=1S/C51H33N3/c1-4-15-34(16-5-1)35-27-29-36(30-28-35)39-23-14-25-46-44(39)33-52-50(53-46)54-47-26-13-11-22-41(47)43-32-31-42-40-21-10-12-24-45(40)51(48(42)49(43)54,37-17-6-2-7-18-37)38-19-8-3-9-20-38/h1-33H. The Balaban J connectivity index is 1.19. The number of benzene rings is 8. The molecular weight excluding hydrogens is 655 g/mol. The molecule has 8 aromatic carbocycles. The Morgan fingerprint density at radius 3 is 1.78 bits per heavy atom. The second-order valence-electron chi connectivity index (χ2n) is 14.1. The Morgan fingerprint density at radius 2 is 1.02 bits per heavy atom. The molecule has 0 atom stereocenters. The van der Waals surface area contributed by atoms with Crippen LogP contribution in [0.2, 0.25) is 0 Å². The van der Waals surface area contributed by atoms with Crippen LogP contribution >= 0.6 is 0 Å². The van der Waals surface area contributed by atoms with Crippen LogP contribution < -0.4 is 0 Å². The zero-order valence-electron chi connectivity index (χ0n) is 29.4. The van der Waals surface area contributed by atoms with Crippen LogP contribution in [0.25, 0.3) is 72.0 Å². The molecule has 0 saturated carbocycles. The number of para-hydroxylation sites is 1. The number of fused-ring (bicyclic) bond motifs is 8. The monoisotopic (exact) mass is 687 g/mol. The highest BCUT2D eigenvalue weighted by atomic mass is 15.2. The average Bonchev–Trinajstić information content (AvgIpc) is 3.75. The predicted octanol–water partition coefficient (Wildman–Crippen LogP) is 12.4. The van der Waals surface area contributed by atoms with Crippen molar-refractivity contribution in [1.29, 1.82) is 0 Å². The molecule has 3 nitrogen and oxygen atoms in total. The molecule has 0 saturated heterocycles. The van der Waals surface area contributed by atoms with Crippen molar-refractivity contribution in [2.75, 3.05) is 0 Å². The van der Waals surface area contributed by atoms with E-state index in [1.54, 1.807) is 0 Å². The number of hydrogen-bond acceptors (Lipinski definition) is 2. The van der Waals surface area contributed by atoms with E-state index in [2.05, 4.69) is 199 Å². The van der Waals surface area contributed by atoms with Gasteiger partial charge in [0.15, 0.2) is 0 Å². The smallest absolute Gasteiger partial charge is 0.235 e. The molecule has 2 heterocycles. The quantitative estimate of drug-likeness (QED) is 0.180. The maximum Gasteiger partial charge on any atom is 0.235 e. The van der Waals surface area contributed by atoms with Crippen LogP contribution in [0.4, 0.5) is 0 Å². The van der Waals surface area contributed by atoms with Gasteiger partial charge in [0.2, 0.25) is 5.95 Å². The van der Waals surface area contributed by atoms with Gasteiger partial charge >= 0.3 is 0 Å². The lowest BCUT2D eigenvalue weighted by Gasteiger charge is -2.34. The van der Waals surface area contributed by atoms with E-state index in [9.17, 15) is 0 Å². The summed E-state index contributed by atoms with van der Waals surface area (Å²) in [6.45, 7) is 0. The number of rotatable bonds is 5. The fraction of sp³-hybridized carbons (Fsp3) is 0.0196. The summed E-state index contributed by atoms with van der Waals surface area (Å²) in [4.78, 5) is 10.6. The van der Waals surface area contributed by atoms with Gasteiger partial charge in [-0.2, -0.15) is 0 Å². The third-order valence-corrected chi connectivity index (χ3v) is 11.4. The SMILES string of the molecule is c1ccc(-c2ccc(-c3cccc4nc(-n5c6ccccc6c6ccc7c(c65)C(c5ccccc5)(c5ccccc5)c5ccccc5-7)ncc34)cc2)cc1. The highest BCUT2D eigenvalue weighted by Crippen LogP contribution is 2.59. The van der Waals surface area contributed by atoms with Gasteiger partial charge in [0.05, 0.1) is 22.0 Å². The zero-order chi connectivity index (χ0) is 35.6. The molecule has 0 N–H and O–H groups in total. The fourth-order valence-electron chi connectivity index (χ4n) is 9.07. The maximum absolute atomic E-state index is 5.39. The molecule has 10 aromatic rings. The van der Waals surface area contributed by atoms with Crippen LogP contribution in [0.1, 0.15) is 22.3 Å². The minimum atomic E-state index is -0.573. The molecule has 252 valence electrons. The van der Waals surface area contributed by atoms with Crippen molar-refractivity contribution < 1.29 is 0 Å². The molecule has 0 radical (unpaired) electrons. The van der Waals surface area contributed by atoms with Gasteiger partial charge in [-0.15, -0.1) is 0 Å². The Bertz CT molecular complexity index is 2980. The molecule has 0 spiro atoms. The molecule has 0 fully saturated rings. The first-order valence-corrected chi connectivity index (χ1v) is 18.5. The van der Waals surface area contributed by atoms with E-state index < -0.39 is 5.41 Å². The van der Waals surface area contributed by atoms with Crippen molar-refractivity contribution in [2.24, 2.45) is 0 Å². The second-order valence-corrected chi connectivity index (χ2v) is 14.1. The average molecular weight is 688 g/mol. The summed E-state index contributed by atoms with van der Waals surface area (Å²) < 4.78 is 2.32. The van der Waals surface area contributed by atoms with Gasteiger partial charge in [-0.3, -0.25) is 4.57 Å². The van der Waals surface area contributed by atoms with Gasteiger partial charge in [0.25, 0.3) is 0 Å².